The third-order valence-electron chi connectivity index (χ3n) is 2.21. The summed E-state index contributed by atoms with van der Waals surface area (Å²) in [6.07, 6.45) is 5.61. The van der Waals surface area contributed by atoms with Crippen molar-refractivity contribution >= 4 is 37.1 Å². The van der Waals surface area contributed by atoms with Gasteiger partial charge in [-0.1, -0.05) is 39.5 Å². The van der Waals surface area contributed by atoms with Crippen molar-refractivity contribution in [2.45, 2.75) is 52.4 Å². The summed E-state index contributed by atoms with van der Waals surface area (Å²) in [6.45, 7) is -2.30. The summed E-state index contributed by atoms with van der Waals surface area (Å²) in [5.74, 6) is 0. The number of hydrogen-bond donors (Lipinski definition) is 2. The molecular formula is C10H24O5P2S2. The number of hydrogen-bond acceptors (Lipinski definition) is 5. The van der Waals surface area contributed by atoms with Crippen molar-refractivity contribution in [3.8, 4) is 0 Å². The van der Waals surface area contributed by atoms with Crippen molar-refractivity contribution < 1.29 is 23.1 Å². The predicted octanol–water partition coefficient (Wildman–Crippen LogP) is 3.85. The van der Waals surface area contributed by atoms with Gasteiger partial charge in [-0.25, -0.2) is 4.31 Å². The van der Waals surface area contributed by atoms with Crippen LogP contribution in [0.3, 0.4) is 0 Å². The molecule has 0 aromatic carbocycles. The minimum atomic E-state index is -3.51. The molecule has 0 aliphatic rings. The first-order valence-electron chi connectivity index (χ1n) is 6.49. The van der Waals surface area contributed by atoms with Crippen molar-refractivity contribution in [2.24, 2.45) is 0 Å². The quantitative estimate of drug-likeness (QED) is 0.409. The molecule has 2 N–H and O–H groups in total. The molecule has 0 amide bonds. The topological polar surface area (TPSA) is 68.2 Å². The summed E-state index contributed by atoms with van der Waals surface area (Å²) in [4.78, 5) is 19.5. The molecule has 2 unspecified atom stereocenters. The van der Waals surface area contributed by atoms with Crippen molar-refractivity contribution in [3.63, 3.8) is 0 Å². The highest BCUT2D eigenvalue weighted by molar-refractivity contribution is 8.14. The Morgan fingerprint density at radius 3 is 1.47 bits per heavy atom. The average Bonchev–Trinajstić information content (AvgIpc) is 2.29. The first-order chi connectivity index (χ1) is 8.83. The molecule has 19 heavy (non-hydrogen) atoms. The molecule has 0 aliphatic heterocycles. The van der Waals surface area contributed by atoms with Crippen LogP contribution in [0.1, 0.15) is 52.4 Å². The van der Waals surface area contributed by atoms with Gasteiger partial charge >= 0.3 is 13.4 Å². The molecule has 0 saturated heterocycles. The van der Waals surface area contributed by atoms with Gasteiger partial charge in [-0.05, 0) is 36.5 Å². The Bertz CT molecular complexity index is 297. The second-order valence-corrected chi connectivity index (χ2v) is 9.91. The van der Waals surface area contributed by atoms with Crippen LogP contribution in [0.5, 0.6) is 0 Å². The Labute approximate surface area is 126 Å². The summed E-state index contributed by atoms with van der Waals surface area (Å²) >= 11 is 9.57. The maximum atomic E-state index is 9.75. The Hall–Kier alpha value is 1.10. The van der Waals surface area contributed by atoms with Gasteiger partial charge in [0.05, 0.1) is 13.2 Å². The lowest BCUT2D eigenvalue weighted by Crippen LogP contribution is -1.99. The van der Waals surface area contributed by atoms with Gasteiger partial charge in [0, 0.05) is 0 Å². The lowest BCUT2D eigenvalue weighted by molar-refractivity contribution is 0.211. The Kier molecular flexibility index (Phi) is 11.4. The fourth-order valence-electron chi connectivity index (χ4n) is 1.24. The van der Waals surface area contributed by atoms with Crippen LogP contribution in [-0.2, 0) is 37.0 Å². The molecule has 0 radical (unpaired) electrons. The molecule has 0 aliphatic carbocycles. The van der Waals surface area contributed by atoms with E-state index in [1.165, 1.54) is 0 Å². The van der Waals surface area contributed by atoms with Gasteiger partial charge in [0.2, 0.25) is 0 Å². The molecule has 0 bridgehead atoms. The Morgan fingerprint density at radius 2 is 1.16 bits per heavy atom. The summed E-state index contributed by atoms with van der Waals surface area (Å²) in [6, 6.07) is 0. The van der Waals surface area contributed by atoms with Gasteiger partial charge in [-0.3, -0.25) is 0 Å². The van der Waals surface area contributed by atoms with Gasteiger partial charge < -0.3 is 18.8 Å². The highest BCUT2D eigenvalue weighted by Crippen LogP contribution is 2.60. The second-order valence-electron chi connectivity index (χ2n) is 4.10. The van der Waals surface area contributed by atoms with E-state index in [1.54, 1.807) is 0 Å². The zero-order valence-corrected chi connectivity index (χ0v) is 14.9. The zero-order chi connectivity index (χ0) is 14.8. The fourth-order valence-corrected chi connectivity index (χ4v) is 5.83. The fraction of sp³-hybridized carbons (Fsp3) is 1.00. The van der Waals surface area contributed by atoms with Crippen molar-refractivity contribution in [1.29, 1.82) is 0 Å². The normalized spacial score (nSPS) is 17.9. The summed E-state index contributed by atoms with van der Waals surface area (Å²) in [5.41, 5.74) is 0. The van der Waals surface area contributed by atoms with E-state index in [0.29, 0.717) is 13.2 Å². The van der Waals surface area contributed by atoms with Crippen LogP contribution in [0, 0.1) is 0 Å². The summed E-state index contributed by atoms with van der Waals surface area (Å²) in [7, 11) is 0. The van der Waals surface area contributed by atoms with Crippen LogP contribution in [0.4, 0.5) is 0 Å². The van der Waals surface area contributed by atoms with Crippen molar-refractivity contribution in [3.05, 3.63) is 0 Å². The number of rotatable bonds is 12. The second kappa shape index (κ2) is 10.8. The summed E-state index contributed by atoms with van der Waals surface area (Å²) in [5, 5.41) is 0. The monoisotopic (exact) mass is 350 g/mol. The lowest BCUT2D eigenvalue weighted by atomic mass is 10.3. The molecule has 0 heterocycles. The third kappa shape index (κ3) is 12.5. The zero-order valence-electron chi connectivity index (χ0n) is 11.5. The first-order valence-corrected chi connectivity index (χ1v) is 11.7. The van der Waals surface area contributed by atoms with Crippen LogP contribution in [0.15, 0.2) is 0 Å². The van der Waals surface area contributed by atoms with E-state index >= 15 is 0 Å². The molecule has 0 aromatic heterocycles. The lowest BCUT2D eigenvalue weighted by Gasteiger charge is -2.21. The third-order valence-corrected chi connectivity index (χ3v) is 6.71. The molecule has 116 valence electrons. The van der Waals surface area contributed by atoms with Crippen molar-refractivity contribution in [1.82, 2.24) is 0 Å². The molecule has 5 nitrogen and oxygen atoms in total. The minimum Gasteiger partial charge on any atom is -0.324 e. The smallest absolute Gasteiger partial charge is 0.324 e. The predicted molar refractivity (Wildman–Crippen MR) is 85.0 cm³/mol. The van der Waals surface area contributed by atoms with Crippen LogP contribution in [0.25, 0.3) is 0 Å². The van der Waals surface area contributed by atoms with E-state index in [1.807, 2.05) is 0 Å². The van der Waals surface area contributed by atoms with Crippen LogP contribution < -0.4 is 0 Å². The Balaban J connectivity index is 4.01. The van der Waals surface area contributed by atoms with Crippen molar-refractivity contribution in [2.75, 3.05) is 13.2 Å². The van der Waals surface area contributed by atoms with Gasteiger partial charge in [-0.15, -0.1) is 0 Å². The first kappa shape index (κ1) is 20.1. The molecule has 0 spiro atoms. The van der Waals surface area contributed by atoms with Gasteiger partial charge in [-0.2, -0.15) is 0 Å². The van der Waals surface area contributed by atoms with E-state index in [9.17, 15) is 9.79 Å². The maximum absolute atomic E-state index is 9.75. The van der Waals surface area contributed by atoms with Gasteiger partial charge in [0.15, 0.2) is 0 Å². The molecule has 0 aromatic rings. The molecule has 0 saturated carbocycles. The molecule has 2 atom stereocenters. The number of unbranched alkanes of at least 4 members (excludes halogenated alkanes) is 4. The van der Waals surface area contributed by atoms with E-state index in [-0.39, 0.29) is 0 Å². The van der Waals surface area contributed by atoms with E-state index in [0.717, 1.165) is 38.5 Å². The standard InChI is InChI=1S/C10H24O5P2S2/c1-3-5-7-9-13-16(11,18)15-17(12,19)14-10-8-6-4-2/h3-10H2,1-2H3,(H,11,18)(H,12,19). The van der Waals surface area contributed by atoms with Gasteiger partial charge in [0.25, 0.3) is 0 Å². The highest BCUT2D eigenvalue weighted by Gasteiger charge is 2.26. The van der Waals surface area contributed by atoms with Crippen LogP contribution >= 0.6 is 13.4 Å². The largest absolute Gasteiger partial charge is 0.331 e. The summed E-state index contributed by atoms with van der Waals surface area (Å²) < 4.78 is 15.1. The molecule has 0 rings (SSSR count). The van der Waals surface area contributed by atoms with E-state index in [2.05, 4.69) is 13.8 Å². The maximum Gasteiger partial charge on any atom is 0.331 e. The average molecular weight is 350 g/mol. The minimum absolute atomic E-state index is 0.298. The SMILES string of the molecule is CCCCCOP(O)(=S)OP(O)(=S)OCCCCC. The molecule has 0 fully saturated rings. The highest BCUT2D eigenvalue weighted by atomic mass is 32.5. The van der Waals surface area contributed by atoms with Crippen LogP contribution in [-0.4, -0.2) is 23.0 Å². The van der Waals surface area contributed by atoms with E-state index < -0.39 is 13.4 Å². The van der Waals surface area contributed by atoms with Crippen LogP contribution in [0.2, 0.25) is 0 Å². The molecular weight excluding hydrogens is 326 g/mol. The van der Waals surface area contributed by atoms with Gasteiger partial charge in [0.1, 0.15) is 0 Å². The molecule has 9 heteroatoms. The van der Waals surface area contributed by atoms with E-state index in [4.69, 9.17) is 37.0 Å². The Morgan fingerprint density at radius 1 is 0.789 bits per heavy atom.